The van der Waals surface area contributed by atoms with Crippen LogP contribution in [0.1, 0.15) is 15.2 Å². The summed E-state index contributed by atoms with van der Waals surface area (Å²) in [4.78, 5) is 19.4. The van der Waals surface area contributed by atoms with E-state index in [0.29, 0.717) is 16.4 Å². The molecule has 0 saturated carbocycles. The number of halogens is 1. The maximum Gasteiger partial charge on any atom is 0.261 e. The molecule has 0 unspecified atom stereocenters. The van der Waals surface area contributed by atoms with Crippen molar-refractivity contribution in [2.24, 2.45) is 0 Å². The zero-order valence-electron chi connectivity index (χ0n) is 12.0. The number of aromatic nitrogens is 2. The van der Waals surface area contributed by atoms with Gasteiger partial charge < -0.3 is 5.32 Å². The lowest BCUT2D eigenvalue weighted by Gasteiger charge is -2.04. The van der Waals surface area contributed by atoms with Crippen molar-refractivity contribution in [2.75, 3.05) is 6.54 Å². The van der Waals surface area contributed by atoms with Gasteiger partial charge in [-0.05, 0) is 30.2 Å². The fourth-order valence-corrected chi connectivity index (χ4v) is 4.39. The van der Waals surface area contributed by atoms with Crippen LogP contribution in [-0.4, -0.2) is 21.8 Å². The number of thiazole rings is 1. The first-order valence-electron chi connectivity index (χ1n) is 7.08. The van der Waals surface area contributed by atoms with E-state index >= 15 is 0 Å². The molecule has 0 aliphatic heterocycles. The van der Waals surface area contributed by atoms with Gasteiger partial charge in [-0.1, -0.05) is 23.7 Å². The second-order valence-electron chi connectivity index (χ2n) is 5.10. The van der Waals surface area contributed by atoms with Crippen LogP contribution < -0.4 is 5.32 Å². The average Bonchev–Trinajstić information content (AvgIpc) is 3.18. The summed E-state index contributed by atoms with van der Waals surface area (Å²) in [6.45, 7) is 0.579. The molecule has 4 nitrogen and oxygen atoms in total. The minimum absolute atomic E-state index is 0.0565. The summed E-state index contributed by atoms with van der Waals surface area (Å²) in [5.41, 5.74) is 2.10. The van der Waals surface area contributed by atoms with Crippen LogP contribution in [0.25, 0.3) is 15.3 Å². The van der Waals surface area contributed by atoms with E-state index < -0.39 is 0 Å². The van der Waals surface area contributed by atoms with Crippen LogP contribution in [0, 0.1) is 0 Å². The van der Waals surface area contributed by atoms with E-state index in [-0.39, 0.29) is 5.91 Å². The minimum Gasteiger partial charge on any atom is -0.351 e. The molecule has 0 saturated heterocycles. The standard InChI is InChI=1S/C16H12ClN3OS2/c17-11-3-1-2-10(8-11)4-5-18-14(21)13-9-12-15(23-13)19-16-20(12)6-7-22-16/h1-3,6-9H,4-5H2,(H,18,21). The molecule has 0 aliphatic rings. The molecule has 3 heterocycles. The number of nitrogens with zero attached hydrogens (tertiary/aromatic N) is 2. The van der Waals surface area contributed by atoms with Crippen LogP contribution in [0.5, 0.6) is 0 Å². The number of hydrogen-bond acceptors (Lipinski definition) is 4. The highest BCUT2D eigenvalue weighted by Gasteiger charge is 2.14. The molecule has 0 bridgehead atoms. The van der Waals surface area contributed by atoms with Gasteiger partial charge in [0.1, 0.15) is 4.83 Å². The van der Waals surface area contributed by atoms with E-state index in [0.717, 1.165) is 27.3 Å². The van der Waals surface area contributed by atoms with Crippen molar-refractivity contribution in [2.45, 2.75) is 6.42 Å². The van der Waals surface area contributed by atoms with E-state index in [4.69, 9.17) is 11.6 Å². The Hall–Kier alpha value is -1.89. The predicted octanol–water partition coefficient (Wildman–Crippen LogP) is 4.24. The molecule has 0 aliphatic carbocycles. The number of carbonyl (C=O) groups is 1. The second kappa shape index (κ2) is 5.96. The number of nitrogens with one attached hydrogen (secondary N) is 1. The van der Waals surface area contributed by atoms with Gasteiger partial charge in [0.2, 0.25) is 0 Å². The molecule has 0 spiro atoms. The molecular weight excluding hydrogens is 350 g/mol. The normalized spacial score (nSPS) is 11.3. The highest BCUT2D eigenvalue weighted by Crippen LogP contribution is 2.28. The summed E-state index contributed by atoms with van der Waals surface area (Å²) in [6, 6.07) is 9.59. The topological polar surface area (TPSA) is 46.4 Å². The maximum atomic E-state index is 12.3. The summed E-state index contributed by atoms with van der Waals surface area (Å²) < 4.78 is 2.01. The van der Waals surface area contributed by atoms with Crippen molar-refractivity contribution in [1.82, 2.24) is 14.7 Å². The van der Waals surface area contributed by atoms with Gasteiger partial charge in [0, 0.05) is 23.1 Å². The van der Waals surface area contributed by atoms with Gasteiger partial charge in [-0.3, -0.25) is 9.20 Å². The molecule has 0 atom stereocenters. The number of benzene rings is 1. The Bertz CT molecular complexity index is 1000. The summed E-state index contributed by atoms with van der Waals surface area (Å²) in [6.07, 6.45) is 2.73. The lowest BCUT2D eigenvalue weighted by atomic mass is 10.1. The van der Waals surface area contributed by atoms with Crippen molar-refractivity contribution in [1.29, 1.82) is 0 Å². The first kappa shape index (κ1) is 14.7. The van der Waals surface area contributed by atoms with Crippen molar-refractivity contribution < 1.29 is 4.79 Å². The minimum atomic E-state index is -0.0565. The van der Waals surface area contributed by atoms with Crippen LogP contribution >= 0.6 is 34.3 Å². The Morgan fingerprint density at radius 1 is 1.35 bits per heavy atom. The molecule has 4 rings (SSSR count). The van der Waals surface area contributed by atoms with Crippen LogP contribution in [0.3, 0.4) is 0 Å². The van der Waals surface area contributed by atoms with Gasteiger partial charge in [0.15, 0.2) is 4.96 Å². The van der Waals surface area contributed by atoms with E-state index in [1.165, 1.54) is 11.3 Å². The first-order chi connectivity index (χ1) is 11.2. The zero-order valence-corrected chi connectivity index (χ0v) is 14.3. The van der Waals surface area contributed by atoms with E-state index in [2.05, 4.69) is 10.3 Å². The summed E-state index contributed by atoms with van der Waals surface area (Å²) >= 11 is 8.98. The summed E-state index contributed by atoms with van der Waals surface area (Å²) in [5.74, 6) is -0.0565. The zero-order chi connectivity index (χ0) is 15.8. The second-order valence-corrected chi connectivity index (χ2v) is 7.44. The number of thiophene rings is 1. The molecule has 0 radical (unpaired) electrons. The fourth-order valence-electron chi connectivity index (χ4n) is 2.46. The highest BCUT2D eigenvalue weighted by molar-refractivity contribution is 7.21. The van der Waals surface area contributed by atoms with Gasteiger partial charge in [-0.15, -0.1) is 22.7 Å². The number of amides is 1. The monoisotopic (exact) mass is 361 g/mol. The largest absolute Gasteiger partial charge is 0.351 e. The molecule has 1 N–H and O–H groups in total. The first-order valence-corrected chi connectivity index (χ1v) is 9.16. The van der Waals surface area contributed by atoms with Gasteiger partial charge >= 0.3 is 0 Å². The van der Waals surface area contributed by atoms with Gasteiger partial charge in [0.25, 0.3) is 5.91 Å². The van der Waals surface area contributed by atoms with Crippen LogP contribution in [0.2, 0.25) is 5.02 Å². The van der Waals surface area contributed by atoms with Gasteiger partial charge in [0.05, 0.1) is 10.4 Å². The molecule has 4 aromatic rings. The number of rotatable bonds is 4. The molecule has 1 amide bonds. The van der Waals surface area contributed by atoms with Gasteiger partial charge in [-0.25, -0.2) is 4.98 Å². The number of carbonyl (C=O) groups excluding carboxylic acids is 1. The van der Waals surface area contributed by atoms with Crippen molar-refractivity contribution >= 4 is 55.5 Å². The Labute approximate surface area is 145 Å². The van der Waals surface area contributed by atoms with Crippen LogP contribution in [-0.2, 0) is 6.42 Å². The molecule has 0 fully saturated rings. The Kier molecular flexibility index (Phi) is 3.80. The van der Waals surface area contributed by atoms with Crippen molar-refractivity contribution in [3.63, 3.8) is 0 Å². The lowest BCUT2D eigenvalue weighted by molar-refractivity contribution is 0.0958. The molecule has 116 valence electrons. The third-order valence-corrected chi connectivity index (χ3v) is 5.56. The van der Waals surface area contributed by atoms with Crippen LogP contribution in [0.15, 0.2) is 41.9 Å². The molecular formula is C16H12ClN3OS2. The van der Waals surface area contributed by atoms with E-state index in [1.807, 2.05) is 46.3 Å². The molecule has 23 heavy (non-hydrogen) atoms. The Morgan fingerprint density at radius 3 is 3.13 bits per heavy atom. The average molecular weight is 362 g/mol. The lowest BCUT2D eigenvalue weighted by Crippen LogP contribution is -2.24. The maximum absolute atomic E-state index is 12.3. The highest BCUT2D eigenvalue weighted by atomic mass is 35.5. The van der Waals surface area contributed by atoms with Crippen molar-refractivity contribution in [3.05, 3.63) is 57.4 Å². The van der Waals surface area contributed by atoms with E-state index in [1.54, 1.807) is 11.3 Å². The summed E-state index contributed by atoms with van der Waals surface area (Å²) in [5, 5.41) is 5.66. The van der Waals surface area contributed by atoms with Crippen molar-refractivity contribution in [3.8, 4) is 0 Å². The predicted molar refractivity (Wildman–Crippen MR) is 95.9 cm³/mol. The third kappa shape index (κ3) is 2.85. The Balaban J connectivity index is 1.45. The SMILES string of the molecule is O=C(NCCc1cccc(Cl)c1)c1cc2c(nc3sccn32)s1. The molecule has 7 heteroatoms. The Morgan fingerprint density at radius 2 is 2.26 bits per heavy atom. The smallest absolute Gasteiger partial charge is 0.261 e. The quantitative estimate of drug-likeness (QED) is 0.591. The third-order valence-electron chi connectivity index (χ3n) is 3.55. The van der Waals surface area contributed by atoms with E-state index in [9.17, 15) is 4.79 Å². The number of hydrogen-bond donors (Lipinski definition) is 1. The molecule has 1 aromatic carbocycles. The number of imidazole rings is 1. The number of fused-ring (bicyclic) bond motifs is 3. The molecule has 3 aromatic heterocycles. The fraction of sp³-hybridized carbons (Fsp3) is 0.125. The summed E-state index contributed by atoms with van der Waals surface area (Å²) in [7, 11) is 0. The van der Waals surface area contributed by atoms with Crippen LogP contribution in [0.4, 0.5) is 0 Å². The van der Waals surface area contributed by atoms with Gasteiger partial charge in [-0.2, -0.15) is 0 Å².